The second kappa shape index (κ2) is 6.49. The first-order chi connectivity index (χ1) is 10.5. The minimum absolute atomic E-state index is 0.0924. The van der Waals surface area contributed by atoms with Gasteiger partial charge in [0.2, 0.25) is 0 Å². The molecule has 0 radical (unpaired) electrons. The molecule has 3 rings (SSSR count). The Bertz CT molecular complexity index is 741. The zero-order valence-corrected chi connectivity index (χ0v) is 11.5. The molecule has 0 heterocycles. The number of carboxylic acid groups (broad SMARTS) is 1. The molecule has 0 unspecified atom stereocenters. The van der Waals surface area contributed by atoms with Crippen LogP contribution in [0.25, 0.3) is 0 Å². The van der Waals surface area contributed by atoms with Gasteiger partial charge in [-0.1, -0.05) is 36.4 Å². The summed E-state index contributed by atoms with van der Waals surface area (Å²) < 4.78 is 0. The van der Waals surface area contributed by atoms with E-state index in [0.717, 1.165) is 0 Å². The molecule has 0 fully saturated rings. The second-order valence-electron chi connectivity index (χ2n) is 4.50. The fourth-order valence-corrected chi connectivity index (χ4v) is 1.94. The highest BCUT2D eigenvalue weighted by Crippen LogP contribution is 2.15. The van der Waals surface area contributed by atoms with Crippen LogP contribution < -0.4 is 5.73 Å². The lowest BCUT2D eigenvalue weighted by atomic mass is 9.95. The van der Waals surface area contributed by atoms with Crippen LogP contribution in [0.4, 0.5) is 5.69 Å². The van der Waals surface area contributed by atoms with Gasteiger partial charge in [0.1, 0.15) is 0 Å². The molecule has 0 aromatic heterocycles. The lowest BCUT2D eigenvalue weighted by molar-refractivity contribution is 0.0697. The predicted molar refractivity (Wildman–Crippen MR) is 82.1 cm³/mol. The van der Waals surface area contributed by atoms with Crippen molar-refractivity contribution in [1.82, 2.24) is 0 Å². The van der Waals surface area contributed by atoms with Gasteiger partial charge in [0, 0.05) is 16.8 Å². The number of fused-ring (bicyclic) bond motifs is 1. The van der Waals surface area contributed by atoms with Gasteiger partial charge in [-0.3, -0.25) is 9.59 Å². The molecule has 0 saturated carbocycles. The molecule has 1 aliphatic carbocycles. The lowest BCUT2D eigenvalue weighted by Crippen LogP contribution is -2.10. The monoisotopic (exact) mass is 295 g/mol. The number of carbonyl (C=O) groups excluding carboxylic acids is 2. The maximum Gasteiger partial charge on any atom is 0.337 e. The number of hydrogen-bond acceptors (Lipinski definition) is 4. The Labute approximate surface area is 126 Å². The van der Waals surface area contributed by atoms with Gasteiger partial charge in [-0.2, -0.15) is 0 Å². The fourth-order valence-electron chi connectivity index (χ4n) is 1.94. The smallest absolute Gasteiger partial charge is 0.337 e. The molecule has 0 atom stereocenters. The van der Waals surface area contributed by atoms with Crippen LogP contribution in [0.3, 0.4) is 0 Å². The van der Waals surface area contributed by atoms with Crippen LogP contribution in [-0.2, 0) is 0 Å². The molecule has 0 spiro atoms. The Hall–Kier alpha value is -3.21. The molecule has 2 aromatic carbocycles. The summed E-state index contributed by atoms with van der Waals surface area (Å²) in [4.78, 5) is 32.7. The number of aromatic carboxylic acids is 1. The summed E-state index contributed by atoms with van der Waals surface area (Å²) in [7, 11) is 0. The van der Waals surface area contributed by atoms with Crippen molar-refractivity contribution in [2.45, 2.75) is 0 Å². The first kappa shape index (κ1) is 15.2. The number of allylic oxidation sites excluding steroid dienone is 2. The molecule has 5 nitrogen and oxygen atoms in total. The first-order valence-electron chi connectivity index (χ1n) is 6.44. The number of anilines is 1. The summed E-state index contributed by atoms with van der Waals surface area (Å²) in [5.41, 5.74) is 6.81. The number of benzene rings is 2. The average molecular weight is 295 g/mol. The van der Waals surface area contributed by atoms with Crippen LogP contribution in [0.2, 0.25) is 0 Å². The average Bonchev–Trinajstić information content (AvgIpc) is 2.52. The third kappa shape index (κ3) is 3.27. The summed E-state index contributed by atoms with van der Waals surface area (Å²) in [5, 5.41) is 8.49. The van der Waals surface area contributed by atoms with Crippen molar-refractivity contribution in [3.63, 3.8) is 0 Å². The SMILES string of the molecule is Nc1ccccc1C(=O)O.O=C1C=CC(=O)c2ccccc21. The Morgan fingerprint density at radius 1 is 0.818 bits per heavy atom. The van der Waals surface area contributed by atoms with Crippen LogP contribution in [0.1, 0.15) is 31.1 Å². The quantitative estimate of drug-likeness (QED) is 0.788. The Balaban J connectivity index is 0.000000164. The third-order valence-corrected chi connectivity index (χ3v) is 3.04. The molecule has 0 amide bonds. The van der Waals surface area contributed by atoms with E-state index in [1.54, 1.807) is 42.5 Å². The highest BCUT2D eigenvalue weighted by atomic mass is 16.4. The van der Waals surface area contributed by atoms with Gasteiger partial charge in [-0.15, -0.1) is 0 Å². The van der Waals surface area contributed by atoms with E-state index in [-0.39, 0.29) is 17.1 Å². The van der Waals surface area contributed by atoms with Gasteiger partial charge >= 0.3 is 5.97 Å². The minimum Gasteiger partial charge on any atom is -0.478 e. The van der Waals surface area contributed by atoms with E-state index in [4.69, 9.17) is 10.8 Å². The Kier molecular flexibility index (Phi) is 4.48. The Morgan fingerprint density at radius 3 is 1.68 bits per heavy atom. The van der Waals surface area contributed by atoms with Gasteiger partial charge in [-0.25, -0.2) is 4.79 Å². The number of rotatable bonds is 1. The summed E-state index contributed by atoms with van der Waals surface area (Å²) in [5.74, 6) is -1.17. The van der Waals surface area contributed by atoms with Gasteiger partial charge < -0.3 is 10.8 Å². The Morgan fingerprint density at radius 2 is 1.27 bits per heavy atom. The standard InChI is InChI=1S/C10H6O2.C7H7NO2/c11-9-5-6-10(12)8-4-2-1-3-7(8)9;8-6-4-2-1-3-5(6)7(9)10/h1-6H;1-4H,8H2,(H,9,10). The number of ketones is 2. The van der Waals surface area contributed by atoms with Crippen LogP contribution >= 0.6 is 0 Å². The molecular formula is C17H13NO4. The van der Waals surface area contributed by atoms with Crippen molar-refractivity contribution < 1.29 is 19.5 Å². The molecule has 110 valence electrons. The maximum atomic E-state index is 11.2. The van der Waals surface area contributed by atoms with Crippen LogP contribution in [-0.4, -0.2) is 22.6 Å². The molecule has 2 aromatic rings. The number of nitrogen functional groups attached to an aromatic ring is 1. The highest BCUT2D eigenvalue weighted by molar-refractivity contribution is 6.21. The molecular weight excluding hydrogens is 282 g/mol. The number of carboxylic acids is 1. The highest BCUT2D eigenvalue weighted by Gasteiger charge is 2.16. The molecule has 1 aliphatic rings. The van der Waals surface area contributed by atoms with E-state index in [0.29, 0.717) is 16.8 Å². The molecule has 3 N–H and O–H groups in total. The molecule has 0 bridgehead atoms. The summed E-state index contributed by atoms with van der Waals surface area (Å²) in [6.07, 6.45) is 2.62. The van der Waals surface area contributed by atoms with E-state index in [9.17, 15) is 14.4 Å². The predicted octanol–water partition coefficient (Wildman–Crippen LogP) is 2.59. The zero-order chi connectivity index (χ0) is 16.1. The van der Waals surface area contributed by atoms with E-state index in [1.165, 1.54) is 18.2 Å². The normalized spacial score (nSPS) is 12.2. The minimum atomic E-state index is -0.988. The topological polar surface area (TPSA) is 97.5 Å². The fraction of sp³-hybridized carbons (Fsp3) is 0. The molecule has 5 heteroatoms. The summed E-state index contributed by atoms with van der Waals surface area (Å²) >= 11 is 0. The van der Waals surface area contributed by atoms with E-state index in [1.807, 2.05) is 0 Å². The number of carbonyl (C=O) groups is 3. The largest absolute Gasteiger partial charge is 0.478 e. The van der Waals surface area contributed by atoms with Crippen LogP contribution in [0.15, 0.2) is 60.7 Å². The summed E-state index contributed by atoms with van der Waals surface area (Å²) in [6, 6.07) is 13.2. The van der Waals surface area contributed by atoms with Gasteiger partial charge in [0.25, 0.3) is 0 Å². The second-order valence-corrected chi connectivity index (χ2v) is 4.50. The third-order valence-electron chi connectivity index (χ3n) is 3.04. The van der Waals surface area contributed by atoms with Crippen LogP contribution in [0.5, 0.6) is 0 Å². The van der Waals surface area contributed by atoms with Gasteiger partial charge in [0.15, 0.2) is 11.6 Å². The van der Waals surface area contributed by atoms with Gasteiger partial charge in [0.05, 0.1) is 5.56 Å². The zero-order valence-electron chi connectivity index (χ0n) is 11.5. The van der Waals surface area contributed by atoms with Crippen molar-refractivity contribution in [1.29, 1.82) is 0 Å². The molecule has 0 aliphatic heterocycles. The van der Waals surface area contributed by atoms with Crippen molar-refractivity contribution in [3.05, 3.63) is 77.4 Å². The van der Waals surface area contributed by atoms with Crippen molar-refractivity contribution >= 4 is 23.2 Å². The first-order valence-corrected chi connectivity index (χ1v) is 6.44. The van der Waals surface area contributed by atoms with Crippen molar-refractivity contribution in [2.24, 2.45) is 0 Å². The van der Waals surface area contributed by atoms with Crippen molar-refractivity contribution in [2.75, 3.05) is 5.73 Å². The van der Waals surface area contributed by atoms with Crippen LogP contribution in [0, 0.1) is 0 Å². The van der Waals surface area contributed by atoms with Gasteiger partial charge in [-0.05, 0) is 24.3 Å². The van der Waals surface area contributed by atoms with Crippen molar-refractivity contribution in [3.8, 4) is 0 Å². The number of hydrogen-bond donors (Lipinski definition) is 2. The molecule has 22 heavy (non-hydrogen) atoms. The number of para-hydroxylation sites is 1. The van der Waals surface area contributed by atoms with E-state index >= 15 is 0 Å². The summed E-state index contributed by atoms with van der Waals surface area (Å²) in [6.45, 7) is 0. The van der Waals surface area contributed by atoms with E-state index in [2.05, 4.69) is 0 Å². The lowest BCUT2D eigenvalue weighted by Gasteiger charge is -2.06. The number of nitrogens with two attached hydrogens (primary N) is 1. The molecule has 0 saturated heterocycles. The maximum absolute atomic E-state index is 11.2. The van der Waals surface area contributed by atoms with E-state index < -0.39 is 5.97 Å².